The summed E-state index contributed by atoms with van der Waals surface area (Å²) in [4.78, 5) is 0.232. The average molecular weight is 317 g/mol. The molecule has 0 N–H and O–H groups in total. The Labute approximate surface area is 122 Å². The van der Waals surface area contributed by atoms with Gasteiger partial charge in [-0.1, -0.05) is 66.2 Å². The fourth-order valence-electron chi connectivity index (χ4n) is 2.51. The van der Waals surface area contributed by atoms with Crippen LogP contribution in [-0.2, 0) is 5.41 Å². The first kappa shape index (κ1) is 12.7. The van der Waals surface area contributed by atoms with Crippen molar-refractivity contribution in [1.82, 2.24) is 0 Å². The van der Waals surface area contributed by atoms with E-state index in [0.717, 1.165) is 12.4 Å². The summed E-state index contributed by atoms with van der Waals surface area (Å²) >= 11 is 3.80. The normalized spacial score (nSPS) is 17.6. The monoisotopic (exact) mass is 316 g/mol. The zero-order valence-electron chi connectivity index (χ0n) is 11.2. The predicted octanol–water partition coefficient (Wildman–Crippen LogP) is 4.84. The van der Waals surface area contributed by atoms with Crippen molar-refractivity contribution >= 4 is 15.9 Å². The van der Waals surface area contributed by atoms with Crippen LogP contribution in [-0.4, -0.2) is 6.61 Å². The van der Waals surface area contributed by atoms with Crippen molar-refractivity contribution in [3.05, 3.63) is 65.2 Å². The molecule has 1 unspecified atom stereocenters. The Morgan fingerprint density at radius 3 is 2.53 bits per heavy atom. The lowest BCUT2D eigenvalue weighted by atomic mass is 9.85. The highest BCUT2D eigenvalue weighted by Crippen LogP contribution is 2.41. The number of alkyl halides is 1. The third kappa shape index (κ3) is 2.30. The highest BCUT2D eigenvalue weighted by molar-refractivity contribution is 9.09. The summed E-state index contributed by atoms with van der Waals surface area (Å²) < 4.78 is 5.74. The van der Waals surface area contributed by atoms with E-state index in [4.69, 9.17) is 4.74 Å². The Hall–Kier alpha value is -1.28. The molecule has 98 valence electrons. The number of rotatable bonds is 2. The van der Waals surface area contributed by atoms with Crippen LogP contribution in [0.1, 0.15) is 35.4 Å². The van der Waals surface area contributed by atoms with Crippen molar-refractivity contribution in [2.24, 2.45) is 0 Å². The summed E-state index contributed by atoms with van der Waals surface area (Å²) in [6.45, 7) is 5.23. The van der Waals surface area contributed by atoms with Crippen LogP contribution < -0.4 is 4.74 Å². The first-order valence-electron chi connectivity index (χ1n) is 6.54. The largest absolute Gasteiger partial charge is 0.492 e. The summed E-state index contributed by atoms with van der Waals surface area (Å²) in [7, 11) is 0. The summed E-state index contributed by atoms with van der Waals surface area (Å²) in [5.41, 5.74) is 3.97. The van der Waals surface area contributed by atoms with Crippen LogP contribution in [0.15, 0.2) is 48.5 Å². The standard InChI is InChI=1S/C17H17BrO/c1-17(2)11-19-15-9-8-13(10-14(15)17)16(18)12-6-4-3-5-7-12/h3-10,16H,11H2,1-2H3. The van der Waals surface area contributed by atoms with Crippen molar-refractivity contribution < 1.29 is 4.74 Å². The predicted molar refractivity (Wildman–Crippen MR) is 82.2 cm³/mol. The number of benzene rings is 2. The first-order valence-corrected chi connectivity index (χ1v) is 7.46. The average Bonchev–Trinajstić information content (AvgIpc) is 2.74. The molecule has 2 aromatic rings. The fraction of sp³-hybridized carbons (Fsp3) is 0.294. The molecule has 0 spiro atoms. The molecule has 0 aliphatic carbocycles. The van der Waals surface area contributed by atoms with Crippen LogP contribution in [0.4, 0.5) is 0 Å². The van der Waals surface area contributed by atoms with Gasteiger partial charge in [0.05, 0.1) is 11.4 Å². The molecule has 0 aromatic heterocycles. The molecule has 1 heterocycles. The molecule has 0 saturated carbocycles. The molecule has 1 atom stereocenters. The van der Waals surface area contributed by atoms with Gasteiger partial charge in [-0.15, -0.1) is 0 Å². The molecule has 1 nitrogen and oxygen atoms in total. The highest BCUT2D eigenvalue weighted by Gasteiger charge is 2.32. The van der Waals surface area contributed by atoms with E-state index in [2.05, 4.69) is 72.2 Å². The molecule has 3 rings (SSSR count). The van der Waals surface area contributed by atoms with Crippen LogP contribution in [0.5, 0.6) is 5.75 Å². The lowest BCUT2D eigenvalue weighted by molar-refractivity contribution is 0.291. The second-order valence-electron chi connectivity index (χ2n) is 5.70. The Morgan fingerprint density at radius 2 is 1.79 bits per heavy atom. The van der Waals surface area contributed by atoms with Gasteiger partial charge >= 0.3 is 0 Å². The smallest absolute Gasteiger partial charge is 0.123 e. The van der Waals surface area contributed by atoms with Crippen LogP contribution >= 0.6 is 15.9 Å². The molecule has 0 radical (unpaired) electrons. The number of fused-ring (bicyclic) bond motifs is 1. The van der Waals surface area contributed by atoms with E-state index in [0.29, 0.717) is 0 Å². The maximum Gasteiger partial charge on any atom is 0.123 e. The minimum atomic E-state index is 0.106. The van der Waals surface area contributed by atoms with E-state index in [-0.39, 0.29) is 10.2 Å². The highest BCUT2D eigenvalue weighted by atomic mass is 79.9. The third-order valence-corrected chi connectivity index (χ3v) is 4.76. The molecule has 0 bridgehead atoms. The van der Waals surface area contributed by atoms with Gasteiger partial charge in [0.15, 0.2) is 0 Å². The summed E-state index contributed by atoms with van der Waals surface area (Å²) in [5, 5.41) is 0. The second-order valence-corrected chi connectivity index (χ2v) is 6.62. The Bertz CT molecular complexity index is 589. The number of ether oxygens (including phenoxy) is 1. The lowest BCUT2D eigenvalue weighted by Gasteiger charge is -2.17. The van der Waals surface area contributed by atoms with Gasteiger partial charge in [0.2, 0.25) is 0 Å². The van der Waals surface area contributed by atoms with Crippen molar-refractivity contribution in [3.63, 3.8) is 0 Å². The van der Waals surface area contributed by atoms with Gasteiger partial charge in [-0.3, -0.25) is 0 Å². The number of hydrogen-bond acceptors (Lipinski definition) is 1. The van der Waals surface area contributed by atoms with Crippen LogP contribution in [0, 0.1) is 0 Å². The Kier molecular flexibility index (Phi) is 3.14. The Morgan fingerprint density at radius 1 is 1.05 bits per heavy atom. The summed E-state index contributed by atoms with van der Waals surface area (Å²) in [5.74, 6) is 1.03. The second kappa shape index (κ2) is 4.68. The molecule has 0 amide bonds. The molecule has 2 heteroatoms. The fourth-order valence-corrected chi connectivity index (χ4v) is 3.10. The van der Waals surface area contributed by atoms with E-state index >= 15 is 0 Å². The van der Waals surface area contributed by atoms with Crippen molar-refractivity contribution in [2.45, 2.75) is 24.1 Å². The third-order valence-electron chi connectivity index (χ3n) is 3.71. The van der Waals surface area contributed by atoms with Crippen LogP contribution in [0.2, 0.25) is 0 Å². The molecule has 1 aliphatic rings. The minimum absolute atomic E-state index is 0.106. The minimum Gasteiger partial charge on any atom is -0.492 e. The molecule has 19 heavy (non-hydrogen) atoms. The molecular weight excluding hydrogens is 300 g/mol. The van der Waals surface area contributed by atoms with E-state index in [1.807, 2.05) is 6.07 Å². The van der Waals surface area contributed by atoms with Gasteiger partial charge in [-0.25, -0.2) is 0 Å². The summed E-state index contributed by atoms with van der Waals surface area (Å²) in [6, 6.07) is 17.0. The van der Waals surface area contributed by atoms with Crippen LogP contribution in [0.3, 0.4) is 0 Å². The van der Waals surface area contributed by atoms with Gasteiger partial charge < -0.3 is 4.74 Å². The van der Waals surface area contributed by atoms with Crippen molar-refractivity contribution in [3.8, 4) is 5.75 Å². The van der Waals surface area contributed by atoms with E-state index in [1.165, 1.54) is 16.7 Å². The molecule has 0 saturated heterocycles. The number of halogens is 1. The van der Waals surface area contributed by atoms with E-state index < -0.39 is 0 Å². The Balaban J connectivity index is 1.99. The topological polar surface area (TPSA) is 9.23 Å². The van der Waals surface area contributed by atoms with Gasteiger partial charge in [0.1, 0.15) is 5.75 Å². The zero-order valence-corrected chi connectivity index (χ0v) is 12.8. The molecule has 0 fully saturated rings. The molecule has 2 aromatic carbocycles. The van der Waals surface area contributed by atoms with Crippen LogP contribution in [0.25, 0.3) is 0 Å². The quantitative estimate of drug-likeness (QED) is 0.720. The SMILES string of the molecule is CC1(C)COc2ccc(C(Br)c3ccccc3)cc21. The molecular formula is C17H17BrO. The maximum absolute atomic E-state index is 5.74. The van der Waals surface area contributed by atoms with Gasteiger partial charge in [-0.2, -0.15) is 0 Å². The van der Waals surface area contributed by atoms with Crippen molar-refractivity contribution in [1.29, 1.82) is 0 Å². The molecule has 1 aliphatic heterocycles. The van der Waals surface area contributed by atoms with Gasteiger partial charge in [0.25, 0.3) is 0 Å². The first-order chi connectivity index (χ1) is 9.08. The van der Waals surface area contributed by atoms with Crippen molar-refractivity contribution in [2.75, 3.05) is 6.61 Å². The van der Waals surface area contributed by atoms with Gasteiger partial charge in [0, 0.05) is 11.0 Å². The lowest BCUT2D eigenvalue weighted by Crippen LogP contribution is -2.18. The maximum atomic E-state index is 5.74. The van der Waals surface area contributed by atoms with E-state index in [9.17, 15) is 0 Å². The summed E-state index contributed by atoms with van der Waals surface area (Å²) in [6.07, 6.45) is 0. The zero-order chi connectivity index (χ0) is 13.5. The van der Waals surface area contributed by atoms with E-state index in [1.54, 1.807) is 0 Å². The number of hydrogen-bond donors (Lipinski definition) is 0. The van der Waals surface area contributed by atoms with Gasteiger partial charge in [-0.05, 0) is 23.3 Å².